The predicted octanol–water partition coefficient (Wildman–Crippen LogP) is 4.45. The standard InChI is InChI=1S/C30H31ClFN5O4/c1-30(2,3)41-29(40)37-17-6-7-18(37)14-36(13-17)28(39)16-4-8-19-24(11-16)35-26-20(27(33)38)12-23(34-25(19)26)15-5-9-22(32)21(31)10-15/h4-5,8-12,17-18,25-26,35H,6-7,13-14H2,1-3H3,(H2,33,38). The number of fused-ring (bicyclic) bond motifs is 5. The Kier molecular flexibility index (Phi) is 6.56. The van der Waals surface area contributed by atoms with Crippen LogP contribution in [0, 0.1) is 5.82 Å². The number of likely N-dealkylation sites (tertiary alicyclic amines) is 1. The zero-order valence-electron chi connectivity index (χ0n) is 23.0. The second-order valence-corrected chi connectivity index (χ2v) is 12.4. The van der Waals surface area contributed by atoms with Crippen LogP contribution >= 0.6 is 11.6 Å². The number of aliphatic imine (C=N–C) groups is 1. The number of benzene rings is 2. The second-order valence-electron chi connectivity index (χ2n) is 12.0. The minimum absolute atomic E-state index is 0.0465. The van der Waals surface area contributed by atoms with E-state index < -0.39 is 29.4 Å². The molecular formula is C30H31ClFN5O4. The van der Waals surface area contributed by atoms with Gasteiger partial charge in [-0.25, -0.2) is 9.18 Å². The fraction of sp³-hybridized carbons (Fsp3) is 0.400. The van der Waals surface area contributed by atoms with Crippen LogP contribution in [0.1, 0.15) is 61.1 Å². The van der Waals surface area contributed by atoms with Gasteiger partial charge < -0.3 is 20.7 Å². The highest BCUT2D eigenvalue weighted by molar-refractivity contribution is 6.31. The number of hydrogen-bond acceptors (Lipinski definition) is 6. The van der Waals surface area contributed by atoms with Crippen molar-refractivity contribution < 1.29 is 23.5 Å². The number of nitrogens with two attached hydrogens (primary N) is 1. The summed E-state index contributed by atoms with van der Waals surface area (Å²) in [5.41, 5.74) is 8.53. The van der Waals surface area contributed by atoms with Gasteiger partial charge in [0.05, 0.1) is 28.9 Å². The maximum atomic E-state index is 13.8. The number of piperazine rings is 1. The summed E-state index contributed by atoms with van der Waals surface area (Å²) in [4.78, 5) is 47.3. The molecule has 9 nitrogen and oxygen atoms in total. The molecule has 2 bridgehead atoms. The number of anilines is 1. The molecule has 0 saturated carbocycles. The van der Waals surface area contributed by atoms with Gasteiger partial charge in [0.25, 0.3) is 5.91 Å². The van der Waals surface area contributed by atoms with Crippen molar-refractivity contribution in [3.63, 3.8) is 0 Å². The number of allylic oxidation sites excluding steroid dienone is 1. The van der Waals surface area contributed by atoms with Crippen LogP contribution in [-0.4, -0.2) is 70.2 Å². The third-order valence-corrected chi connectivity index (χ3v) is 8.31. The average molecular weight is 580 g/mol. The SMILES string of the molecule is CC(C)(C)OC(=O)N1C2CCC1CN(C(=O)c1ccc3c(c1)NC1C(C(N)=O)=CC(c4ccc(F)c(Cl)c4)=NC31)C2. The van der Waals surface area contributed by atoms with Gasteiger partial charge in [-0.1, -0.05) is 17.7 Å². The Balaban J connectivity index is 1.24. The molecule has 4 aliphatic heterocycles. The summed E-state index contributed by atoms with van der Waals surface area (Å²) >= 11 is 5.99. The fourth-order valence-corrected chi connectivity index (χ4v) is 6.40. The smallest absolute Gasteiger partial charge is 0.410 e. The molecule has 11 heteroatoms. The summed E-state index contributed by atoms with van der Waals surface area (Å²) < 4.78 is 19.4. The molecule has 0 radical (unpaired) electrons. The molecular weight excluding hydrogens is 549 g/mol. The lowest BCUT2D eigenvalue weighted by Crippen LogP contribution is -2.57. The van der Waals surface area contributed by atoms with Crippen LogP contribution in [0.25, 0.3) is 0 Å². The number of dihydropyridines is 1. The van der Waals surface area contributed by atoms with Crippen LogP contribution in [0.3, 0.4) is 0 Å². The zero-order valence-corrected chi connectivity index (χ0v) is 23.7. The molecule has 2 fully saturated rings. The number of ether oxygens (including phenoxy) is 1. The Hall–Kier alpha value is -3.92. The molecule has 2 saturated heterocycles. The molecule has 2 aromatic carbocycles. The molecule has 0 aliphatic carbocycles. The number of nitrogens with one attached hydrogen (secondary N) is 1. The van der Waals surface area contributed by atoms with Gasteiger partial charge in [0.1, 0.15) is 17.5 Å². The van der Waals surface area contributed by atoms with Gasteiger partial charge in [-0.2, -0.15) is 0 Å². The predicted molar refractivity (Wildman–Crippen MR) is 153 cm³/mol. The van der Waals surface area contributed by atoms with Gasteiger partial charge in [0.15, 0.2) is 0 Å². The number of rotatable bonds is 3. The first-order valence-corrected chi connectivity index (χ1v) is 14.0. The summed E-state index contributed by atoms with van der Waals surface area (Å²) in [5, 5.41) is 3.28. The number of carbonyl (C=O) groups is 3. The van der Waals surface area contributed by atoms with Gasteiger partial charge in [0, 0.05) is 41.0 Å². The molecule has 3 N–H and O–H groups in total. The topological polar surface area (TPSA) is 117 Å². The molecule has 4 atom stereocenters. The highest BCUT2D eigenvalue weighted by Gasteiger charge is 2.46. The van der Waals surface area contributed by atoms with Crippen molar-refractivity contribution in [2.75, 3.05) is 18.4 Å². The summed E-state index contributed by atoms with van der Waals surface area (Å²) in [6.07, 6.45) is 2.91. The molecule has 0 spiro atoms. The molecule has 6 rings (SSSR count). The number of amides is 3. The van der Waals surface area contributed by atoms with Gasteiger partial charge in [-0.05, 0) is 70.0 Å². The van der Waals surface area contributed by atoms with Crippen molar-refractivity contribution in [3.05, 3.63) is 75.6 Å². The van der Waals surface area contributed by atoms with E-state index in [1.165, 1.54) is 12.1 Å². The van der Waals surface area contributed by atoms with E-state index in [-0.39, 0.29) is 29.1 Å². The van der Waals surface area contributed by atoms with Crippen molar-refractivity contribution in [3.8, 4) is 0 Å². The molecule has 4 aliphatic rings. The van der Waals surface area contributed by atoms with Crippen molar-refractivity contribution in [1.82, 2.24) is 9.80 Å². The van der Waals surface area contributed by atoms with Gasteiger partial charge in [-0.15, -0.1) is 0 Å². The van der Waals surface area contributed by atoms with E-state index in [4.69, 9.17) is 27.1 Å². The van der Waals surface area contributed by atoms with Crippen LogP contribution in [0.15, 0.2) is 53.0 Å². The van der Waals surface area contributed by atoms with Crippen molar-refractivity contribution in [2.24, 2.45) is 10.7 Å². The molecule has 4 heterocycles. The van der Waals surface area contributed by atoms with Crippen molar-refractivity contribution in [1.29, 1.82) is 0 Å². The number of halogens is 2. The maximum absolute atomic E-state index is 13.8. The number of carbonyl (C=O) groups excluding carboxylic acids is 3. The highest BCUT2D eigenvalue weighted by atomic mass is 35.5. The number of nitrogens with zero attached hydrogens (tertiary/aromatic N) is 3. The van der Waals surface area contributed by atoms with Crippen molar-refractivity contribution >= 4 is 40.9 Å². The van der Waals surface area contributed by atoms with Crippen LogP contribution in [-0.2, 0) is 9.53 Å². The third kappa shape index (κ3) is 4.94. The van der Waals surface area contributed by atoms with E-state index in [0.717, 1.165) is 18.4 Å². The van der Waals surface area contributed by atoms with Crippen molar-refractivity contribution in [2.45, 2.75) is 63.4 Å². The molecule has 2 aromatic rings. The first-order valence-electron chi connectivity index (χ1n) is 13.7. The quantitative estimate of drug-likeness (QED) is 0.557. The summed E-state index contributed by atoms with van der Waals surface area (Å²) in [6, 6.07) is 8.52. The van der Waals surface area contributed by atoms with Crippen LogP contribution in [0.5, 0.6) is 0 Å². The van der Waals surface area contributed by atoms with E-state index in [2.05, 4.69) is 5.32 Å². The van der Waals surface area contributed by atoms with E-state index in [1.54, 1.807) is 34.1 Å². The molecule has 4 unspecified atom stereocenters. The lowest BCUT2D eigenvalue weighted by atomic mass is 9.91. The minimum atomic E-state index is -0.601. The van der Waals surface area contributed by atoms with Gasteiger partial charge in [0.2, 0.25) is 5.91 Å². The summed E-state index contributed by atoms with van der Waals surface area (Å²) in [6.45, 7) is 6.41. The van der Waals surface area contributed by atoms with Crippen LogP contribution in [0.2, 0.25) is 5.02 Å². The van der Waals surface area contributed by atoms with Gasteiger partial charge >= 0.3 is 6.09 Å². The van der Waals surface area contributed by atoms with Crippen LogP contribution in [0.4, 0.5) is 14.9 Å². The van der Waals surface area contributed by atoms with Crippen LogP contribution < -0.4 is 11.1 Å². The first kappa shape index (κ1) is 27.3. The summed E-state index contributed by atoms with van der Waals surface area (Å²) in [5.74, 6) is -1.27. The van der Waals surface area contributed by atoms with E-state index in [9.17, 15) is 18.8 Å². The summed E-state index contributed by atoms with van der Waals surface area (Å²) in [7, 11) is 0. The molecule has 41 heavy (non-hydrogen) atoms. The van der Waals surface area contributed by atoms with E-state index >= 15 is 0 Å². The molecule has 214 valence electrons. The number of hydrogen-bond donors (Lipinski definition) is 2. The normalized spacial score (nSPS) is 24.6. The van der Waals surface area contributed by atoms with Gasteiger partial charge in [-0.3, -0.25) is 19.5 Å². The van der Waals surface area contributed by atoms with E-state index in [1.807, 2.05) is 26.8 Å². The Bertz CT molecular complexity index is 1520. The Labute approximate surface area is 242 Å². The minimum Gasteiger partial charge on any atom is -0.444 e. The maximum Gasteiger partial charge on any atom is 0.410 e. The Morgan fingerprint density at radius 1 is 1.10 bits per heavy atom. The van der Waals surface area contributed by atoms with E-state index in [0.29, 0.717) is 41.2 Å². The Morgan fingerprint density at radius 2 is 1.80 bits per heavy atom. The fourth-order valence-electron chi connectivity index (χ4n) is 6.22. The zero-order chi connectivity index (χ0) is 29.2. The largest absolute Gasteiger partial charge is 0.444 e. The third-order valence-electron chi connectivity index (χ3n) is 8.02. The molecule has 0 aromatic heterocycles. The lowest BCUT2D eigenvalue weighted by Gasteiger charge is -2.41. The first-order chi connectivity index (χ1) is 19.4. The molecule has 3 amide bonds. The second kappa shape index (κ2) is 9.87. The Morgan fingerprint density at radius 3 is 2.44 bits per heavy atom. The average Bonchev–Trinajstić information content (AvgIpc) is 3.41. The highest BCUT2D eigenvalue weighted by Crippen LogP contribution is 2.43. The monoisotopic (exact) mass is 579 g/mol. The lowest BCUT2D eigenvalue weighted by molar-refractivity contribution is -0.114. The number of primary amides is 1.